The average molecular weight is 433 g/mol. The maximum absolute atomic E-state index is 12.9. The molecule has 1 saturated carbocycles. The minimum atomic E-state index is -0.818. The molecule has 2 aliphatic rings. The van der Waals surface area contributed by atoms with Gasteiger partial charge in [0, 0.05) is 12.8 Å². The Morgan fingerprint density at radius 2 is 1.81 bits per heavy atom. The van der Waals surface area contributed by atoms with Crippen LogP contribution in [0.5, 0.6) is 0 Å². The summed E-state index contributed by atoms with van der Waals surface area (Å²) in [5.74, 6) is -2.03. The van der Waals surface area contributed by atoms with Crippen molar-refractivity contribution < 1.29 is 19.2 Å². The Bertz CT molecular complexity index is 757. The van der Waals surface area contributed by atoms with Crippen molar-refractivity contribution >= 4 is 29.8 Å². The molecule has 10 nitrogen and oxygen atoms in total. The van der Waals surface area contributed by atoms with Crippen molar-refractivity contribution in [3.63, 3.8) is 0 Å². The minimum absolute atomic E-state index is 0.0533. The summed E-state index contributed by atoms with van der Waals surface area (Å²) in [5, 5.41) is 5.30. The number of nitrogens with two attached hydrogens (primary N) is 2. The molecule has 1 heterocycles. The summed E-state index contributed by atoms with van der Waals surface area (Å²) in [6.45, 7) is 3.64. The SMILES string of the molecule is C=CC=N/C=C(\N)C(=O)N[C@H](C(=O)NCC(=O)N1CCC[C@H]1C(N)=O)C1CCCCC1. The van der Waals surface area contributed by atoms with E-state index in [9.17, 15) is 19.2 Å². The summed E-state index contributed by atoms with van der Waals surface area (Å²) < 4.78 is 0. The van der Waals surface area contributed by atoms with Gasteiger partial charge in [0.25, 0.3) is 5.91 Å². The molecule has 4 amide bonds. The molecule has 1 aliphatic carbocycles. The van der Waals surface area contributed by atoms with Crippen molar-refractivity contribution in [2.24, 2.45) is 22.4 Å². The summed E-state index contributed by atoms with van der Waals surface area (Å²) in [6.07, 6.45) is 9.82. The molecule has 31 heavy (non-hydrogen) atoms. The van der Waals surface area contributed by atoms with Crippen molar-refractivity contribution in [1.29, 1.82) is 0 Å². The number of primary amides is 1. The molecule has 0 aromatic heterocycles. The number of rotatable bonds is 9. The highest BCUT2D eigenvalue weighted by Gasteiger charge is 2.34. The maximum atomic E-state index is 12.9. The minimum Gasteiger partial charge on any atom is -0.393 e. The van der Waals surface area contributed by atoms with Gasteiger partial charge in [-0.05, 0) is 31.6 Å². The molecule has 2 atom stereocenters. The first kappa shape index (κ1) is 24.1. The summed E-state index contributed by atoms with van der Waals surface area (Å²) in [6, 6.07) is -1.46. The van der Waals surface area contributed by atoms with Gasteiger partial charge in [-0.1, -0.05) is 31.9 Å². The van der Waals surface area contributed by atoms with Gasteiger partial charge in [-0.2, -0.15) is 0 Å². The van der Waals surface area contributed by atoms with Crippen LogP contribution in [-0.2, 0) is 19.2 Å². The van der Waals surface area contributed by atoms with Gasteiger partial charge >= 0.3 is 0 Å². The van der Waals surface area contributed by atoms with Gasteiger partial charge in [0.2, 0.25) is 17.7 Å². The summed E-state index contributed by atoms with van der Waals surface area (Å²) in [7, 11) is 0. The second kappa shape index (κ2) is 11.9. The monoisotopic (exact) mass is 432 g/mol. The number of carbonyl (C=O) groups excluding carboxylic acids is 4. The molecule has 170 valence electrons. The topological polar surface area (TPSA) is 160 Å². The van der Waals surface area contributed by atoms with E-state index in [0.29, 0.717) is 19.4 Å². The van der Waals surface area contributed by atoms with Gasteiger partial charge in [-0.3, -0.25) is 24.2 Å². The summed E-state index contributed by atoms with van der Waals surface area (Å²) >= 11 is 0. The molecule has 0 aromatic carbocycles. The lowest BCUT2D eigenvalue weighted by atomic mass is 9.83. The number of carbonyl (C=O) groups is 4. The smallest absolute Gasteiger partial charge is 0.269 e. The van der Waals surface area contributed by atoms with Gasteiger partial charge in [0.1, 0.15) is 17.8 Å². The molecule has 0 bridgehead atoms. The molecule has 1 saturated heterocycles. The highest BCUT2D eigenvalue weighted by molar-refractivity contribution is 5.97. The Hall–Kier alpha value is -3.17. The van der Waals surface area contributed by atoms with Gasteiger partial charge in [0.15, 0.2) is 0 Å². The second-order valence-corrected chi connectivity index (χ2v) is 7.83. The third kappa shape index (κ3) is 6.94. The third-order valence-corrected chi connectivity index (χ3v) is 5.67. The molecule has 1 aliphatic heterocycles. The third-order valence-electron chi connectivity index (χ3n) is 5.67. The normalized spacial score (nSPS) is 21.0. The zero-order valence-corrected chi connectivity index (χ0v) is 17.7. The lowest BCUT2D eigenvalue weighted by Crippen LogP contribution is -2.54. The first-order valence-corrected chi connectivity index (χ1v) is 10.6. The van der Waals surface area contributed by atoms with E-state index in [0.717, 1.165) is 32.1 Å². The van der Waals surface area contributed by atoms with Crippen LogP contribution in [0, 0.1) is 5.92 Å². The van der Waals surface area contributed by atoms with Gasteiger partial charge in [-0.15, -0.1) is 0 Å². The molecule has 6 N–H and O–H groups in total. The molecule has 0 spiro atoms. The van der Waals surface area contributed by atoms with Crippen molar-refractivity contribution in [3.8, 4) is 0 Å². The van der Waals surface area contributed by atoms with Crippen LogP contribution in [0.25, 0.3) is 0 Å². The lowest BCUT2D eigenvalue weighted by molar-refractivity contribution is -0.138. The largest absolute Gasteiger partial charge is 0.393 e. The van der Waals surface area contributed by atoms with Crippen molar-refractivity contribution in [3.05, 3.63) is 24.6 Å². The Balaban J connectivity index is 2.02. The Kier molecular flexibility index (Phi) is 9.23. The van der Waals surface area contributed by atoms with E-state index in [4.69, 9.17) is 11.5 Å². The molecule has 2 fully saturated rings. The Labute approximate surface area is 182 Å². The molecule has 0 radical (unpaired) electrons. The zero-order valence-electron chi connectivity index (χ0n) is 17.7. The van der Waals surface area contributed by atoms with Gasteiger partial charge in [0.05, 0.1) is 12.7 Å². The Morgan fingerprint density at radius 1 is 1.10 bits per heavy atom. The highest BCUT2D eigenvalue weighted by Crippen LogP contribution is 2.27. The fourth-order valence-electron chi connectivity index (χ4n) is 4.07. The van der Waals surface area contributed by atoms with Gasteiger partial charge in [-0.25, -0.2) is 0 Å². The van der Waals surface area contributed by atoms with Crippen LogP contribution in [0.3, 0.4) is 0 Å². The Morgan fingerprint density at radius 3 is 2.45 bits per heavy atom. The zero-order chi connectivity index (χ0) is 22.8. The number of aliphatic imine (C=N–C) groups is 1. The molecule has 10 heteroatoms. The first-order valence-electron chi connectivity index (χ1n) is 10.6. The molecule has 0 unspecified atom stereocenters. The second-order valence-electron chi connectivity index (χ2n) is 7.83. The summed E-state index contributed by atoms with van der Waals surface area (Å²) in [4.78, 5) is 54.6. The van der Waals surface area contributed by atoms with Crippen molar-refractivity contribution in [2.45, 2.75) is 57.0 Å². The maximum Gasteiger partial charge on any atom is 0.269 e. The molecule has 2 rings (SSSR count). The molecule has 0 aromatic rings. The van der Waals surface area contributed by atoms with E-state index in [1.54, 1.807) is 0 Å². The van der Waals surface area contributed by atoms with Crippen molar-refractivity contribution in [2.75, 3.05) is 13.1 Å². The highest BCUT2D eigenvalue weighted by atomic mass is 16.2. The fraction of sp³-hybridized carbons (Fsp3) is 0.571. The van der Waals surface area contributed by atoms with E-state index in [1.807, 2.05) is 0 Å². The van der Waals surface area contributed by atoms with E-state index in [2.05, 4.69) is 22.2 Å². The van der Waals surface area contributed by atoms with Crippen molar-refractivity contribution in [1.82, 2.24) is 15.5 Å². The van der Waals surface area contributed by atoms with Crippen LogP contribution in [0.2, 0.25) is 0 Å². The number of nitrogens with one attached hydrogen (secondary N) is 2. The van der Waals surface area contributed by atoms with E-state index in [1.165, 1.54) is 23.4 Å². The average Bonchev–Trinajstić information content (AvgIpc) is 3.26. The number of amides is 4. The predicted octanol–water partition coefficient (Wildman–Crippen LogP) is -0.299. The predicted molar refractivity (Wildman–Crippen MR) is 116 cm³/mol. The number of hydrogen-bond acceptors (Lipinski definition) is 6. The molecular formula is C21H32N6O4. The number of nitrogens with zero attached hydrogens (tertiary/aromatic N) is 2. The number of allylic oxidation sites excluding steroid dienone is 1. The van der Waals surface area contributed by atoms with Crippen LogP contribution in [-0.4, -0.2) is 59.9 Å². The lowest BCUT2D eigenvalue weighted by Gasteiger charge is -2.30. The standard InChI is InChI=1S/C21H32N6O4/c1-2-10-24-12-15(22)20(30)26-18(14-7-4-3-5-8-14)21(31)25-13-17(28)27-11-6-9-16(27)19(23)29/h2,10,12,14,16,18H,1,3-9,11,13,22H2,(H2,23,29)(H,25,31)(H,26,30)/b15-12-,24-10?/t16-,18-/m0/s1. The van der Waals surface area contributed by atoms with Crippen LogP contribution in [0.15, 0.2) is 29.5 Å². The van der Waals surface area contributed by atoms with Crippen LogP contribution < -0.4 is 22.1 Å². The van der Waals surface area contributed by atoms with E-state index < -0.39 is 29.8 Å². The van der Waals surface area contributed by atoms with Crippen LogP contribution in [0.4, 0.5) is 0 Å². The summed E-state index contributed by atoms with van der Waals surface area (Å²) in [5.41, 5.74) is 11.0. The quantitative estimate of drug-likeness (QED) is 0.290. The van der Waals surface area contributed by atoms with Gasteiger partial charge < -0.3 is 27.0 Å². The molecular weight excluding hydrogens is 400 g/mol. The number of likely N-dealkylation sites (tertiary alicyclic amines) is 1. The van der Waals surface area contributed by atoms with Crippen LogP contribution in [0.1, 0.15) is 44.9 Å². The van der Waals surface area contributed by atoms with E-state index >= 15 is 0 Å². The first-order chi connectivity index (χ1) is 14.8. The fourth-order valence-corrected chi connectivity index (χ4v) is 4.07. The van der Waals surface area contributed by atoms with Crippen LogP contribution >= 0.6 is 0 Å². The number of hydrogen-bond donors (Lipinski definition) is 4. The van der Waals surface area contributed by atoms with E-state index in [-0.39, 0.29) is 24.1 Å².